The highest BCUT2D eigenvalue weighted by atomic mass is 32.1. The van der Waals surface area contributed by atoms with Crippen molar-refractivity contribution in [2.75, 3.05) is 0 Å². The minimum atomic E-state index is -0.294. The molecule has 2 heterocycles. The fourth-order valence-electron chi connectivity index (χ4n) is 2.84. The quantitative estimate of drug-likeness (QED) is 0.927. The number of aryl methyl sites for hydroxylation is 2. The number of nitrogens with one attached hydrogen (secondary N) is 1. The first-order valence-corrected chi connectivity index (χ1v) is 8.18. The molecule has 1 aliphatic carbocycles. The van der Waals surface area contributed by atoms with Gasteiger partial charge in [-0.05, 0) is 26.7 Å². The largest absolute Gasteiger partial charge is 0.349 e. The topological polar surface area (TPSA) is 63.5 Å². The number of hydrogen-bond donors (Lipinski definition) is 1. The molecule has 0 aliphatic heterocycles. The Kier molecular flexibility index (Phi) is 3.80. The number of nitrogens with zero attached hydrogens (tertiary/aromatic N) is 2. The summed E-state index contributed by atoms with van der Waals surface area (Å²) in [6.45, 7) is 3.83. The second-order valence-corrected chi connectivity index (χ2v) is 6.83. The highest BCUT2D eigenvalue weighted by Gasteiger charge is 2.20. The fourth-order valence-corrected chi connectivity index (χ4v) is 3.77. The van der Waals surface area contributed by atoms with Gasteiger partial charge in [-0.2, -0.15) is 0 Å². The first kappa shape index (κ1) is 14.3. The highest BCUT2D eigenvalue weighted by Crippen LogP contribution is 2.19. The van der Waals surface area contributed by atoms with E-state index in [0.29, 0.717) is 4.96 Å². The molecular formula is C15H19N3O2S. The van der Waals surface area contributed by atoms with Gasteiger partial charge in [0.1, 0.15) is 5.56 Å². The molecule has 0 bridgehead atoms. The van der Waals surface area contributed by atoms with E-state index in [1.807, 2.05) is 13.8 Å². The summed E-state index contributed by atoms with van der Waals surface area (Å²) in [5, 5.41) is 2.98. The van der Waals surface area contributed by atoms with Gasteiger partial charge in [0, 0.05) is 22.8 Å². The lowest BCUT2D eigenvalue weighted by atomic mass is 9.95. The number of amides is 1. The van der Waals surface area contributed by atoms with E-state index < -0.39 is 0 Å². The summed E-state index contributed by atoms with van der Waals surface area (Å²) < 4.78 is 1.54. The van der Waals surface area contributed by atoms with Crippen LogP contribution in [-0.2, 0) is 0 Å². The Morgan fingerprint density at radius 2 is 2.05 bits per heavy atom. The molecule has 0 radical (unpaired) electrons. The molecule has 1 N–H and O–H groups in total. The van der Waals surface area contributed by atoms with Crippen molar-refractivity contribution in [1.82, 2.24) is 14.7 Å². The van der Waals surface area contributed by atoms with E-state index >= 15 is 0 Å². The van der Waals surface area contributed by atoms with Crippen LogP contribution < -0.4 is 10.9 Å². The number of carbonyl (C=O) groups is 1. The zero-order valence-corrected chi connectivity index (χ0v) is 13.1. The molecule has 1 amide bonds. The highest BCUT2D eigenvalue weighted by molar-refractivity contribution is 7.17. The van der Waals surface area contributed by atoms with Crippen molar-refractivity contribution in [3.8, 4) is 0 Å². The maximum absolute atomic E-state index is 12.5. The van der Waals surface area contributed by atoms with Crippen molar-refractivity contribution in [3.05, 3.63) is 32.7 Å². The minimum Gasteiger partial charge on any atom is -0.349 e. The van der Waals surface area contributed by atoms with E-state index in [-0.39, 0.29) is 23.1 Å². The lowest BCUT2D eigenvalue weighted by molar-refractivity contribution is 0.0925. The van der Waals surface area contributed by atoms with Crippen LogP contribution >= 0.6 is 11.3 Å². The number of aromatic nitrogens is 2. The van der Waals surface area contributed by atoms with Gasteiger partial charge in [-0.3, -0.25) is 14.0 Å². The lowest BCUT2D eigenvalue weighted by Gasteiger charge is -2.22. The van der Waals surface area contributed by atoms with E-state index in [0.717, 1.165) is 36.3 Å². The molecule has 2 aromatic heterocycles. The summed E-state index contributed by atoms with van der Waals surface area (Å²) in [5.74, 6) is -0.294. The van der Waals surface area contributed by atoms with Crippen LogP contribution in [-0.4, -0.2) is 21.3 Å². The van der Waals surface area contributed by atoms with Gasteiger partial charge < -0.3 is 5.32 Å². The Labute approximate surface area is 127 Å². The summed E-state index contributed by atoms with van der Waals surface area (Å²) in [6, 6.07) is 0.191. The zero-order chi connectivity index (χ0) is 15.0. The van der Waals surface area contributed by atoms with Gasteiger partial charge in [-0.25, -0.2) is 4.98 Å². The van der Waals surface area contributed by atoms with Crippen LogP contribution in [0, 0.1) is 13.8 Å². The van der Waals surface area contributed by atoms with Gasteiger partial charge in [0.2, 0.25) is 0 Å². The molecule has 0 atom stereocenters. The van der Waals surface area contributed by atoms with E-state index in [1.54, 1.807) is 0 Å². The van der Waals surface area contributed by atoms with Crippen molar-refractivity contribution >= 4 is 22.2 Å². The Balaban J connectivity index is 1.93. The Morgan fingerprint density at radius 1 is 1.33 bits per heavy atom. The molecule has 0 saturated heterocycles. The third kappa shape index (κ3) is 2.60. The first-order valence-electron chi connectivity index (χ1n) is 7.36. The van der Waals surface area contributed by atoms with Crippen LogP contribution in [0.15, 0.2) is 11.0 Å². The smallest absolute Gasteiger partial charge is 0.271 e. The molecule has 0 spiro atoms. The van der Waals surface area contributed by atoms with Gasteiger partial charge in [0.25, 0.3) is 11.5 Å². The summed E-state index contributed by atoms with van der Waals surface area (Å²) in [5.41, 5.74) is 0.731. The van der Waals surface area contributed by atoms with Crippen molar-refractivity contribution < 1.29 is 4.79 Å². The molecule has 1 fully saturated rings. The van der Waals surface area contributed by atoms with Crippen LogP contribution in [0.2, 0.25) is 0 Å². The molecular weight excluding hydrogens is 286 g/mol. The molecule has 0 aromatic carbocycles. The van der Waals surface area contributed by atoms with E-state index in [4.69, 9.17) is 0 Å². The molecule has 21 heavy (non-hydrogen) atoms. The van der Waals surface area contributed by atoms with Gasteiger partial charge >= 0.3 is 0 Å². The molecule has 3 rings (SSSR count). The second-order valence-electron chi connectivity index (χ2n) is 5.65. The van der Waals surface area contributed by atoms with Crippen LogP contribution in [0.1, 0.15) is 53.0 Å². The zero-order valence-electron chi connectivity index (χ0n) is 12.3. The van der Waals surface area contributed by atoms with E-state index in [9.17, 15) is 9.59 Å². The molecule has 1 aliphatic rings. The third-order valence-corrected chi connectivity index (χ3v) is 5.28. The summed E-state index contributed by atoms with van der Waals surface area (Å²) in [7, 11) is 0. The summed E-state index contributed by atoms with van der Waals surface area (Å²) >= 11 is 1.47. The van der Waals surface area contributed by atoms with Gasteiger partial charge in [-0.1, -0.05) is 19.3 Å². The molecule has 0 unspecified atom stereocenters. The maximum Gasteiger partial charge on any atom is 0.271 e. The minimum absolute atomic E-state index is 0.138. The first-order chi connectivity index (χ1) is 10.1. The number of rotatable bonds is 2. The monoisotopic (exact) mass is 305 g/mol. The van der Waals surface area contributed by atoms with E-state index in [1.165, 1.54) is 28.4 Å². The predicted molar refractivity (Wildman–Crippen MR) is 83.2 cm³/mol. The summed E-state index contributed by atoms with van der Waals surface area (Å²) in [6.07, 6.45) is 6.92. The summed E-state index contributed by atoms with van der Waals surface area (Å²) in [4.78, 5) is 30.8. The molecule has 6 heteroatoms. The standard InChI is InChI=1S/C15H19N3O2S/c1-9-10(2)21-15-16-8-12(14(20)18(9)15)13(19)17-11-6-4-3-5-7-11/h8,11H,3-7H2,1-2H3,(H,17,19). The molecule has 5 nitrogen and oxygen atoms in total. The molecule has 112 valence electrons. The number of carbonyl (C=O) groups excluding carboxylic acids is 1. The number of hydrogen-bond acceptors (Lipinski definition) is 4. The average molecular weight is 305 g/mol. The number of fused-ring (bicyclic) bond motifs is 1. The van der Waals surface area contributed by atoms with Crippen LogP contribution in [0.5, 0.6) is 0 Å². The van der Waals surface area contributed by atoms with Crippen LogP contribution in [0.3, 0.4) is 0 Å². The van der Waals surface area contributed by atoms with Crippen molar-refractivity contribution in [2.45, 2.75) is 52.0 Å². The number of thiazole rings is 1. The third-order valence-electron chi connectivity index (χ3n) is 4.20. The Bertz CT molecular complexity index is 741. The van der Waals surface area contributed by atoms with Gasteiger partial charge in [-0.15, -0.1) is 11.3 Å². The Morgan fingerprint density at radius 3 is 2.76 bits per heavy atom. The van der Waals surface area contributed by atoms with Crippen LogP contribution in [0.4, 0.5) is 0 Å². The Hall–Kier alpha value is -1.69. The maximum atomic E-state index is 12.5. The van der Waals surface area contributed by atoms with Crippen molar-refractivity contribution in [2.24, 2.45) is 0 Å². The van der Waals surface area contributed by atoms with Gasteiger partial charge in [0.15, 0.2) is 4.96 Å². The molecule has 1 saturated carbocycles. The van der Waals surface area contributed by atoms with Crippen molar-refractivity contribution in [3.63, 3.8) is 0 Å². The normalized spacial score (nSPS) is 16.3. The van der Waals surface area contributed by atoms with Gasteiger partial charge in [0.05, 0.1) is 0 Å². The van der Waals surface area contributed by atoms with Crippen molar-refractivity contribution in [1.29, 1.82) is 0 Å². The van der Waals surface area contributed by atoms with E-state index in [2.05, 4.69) is 10.3 Å². The average Bonchev–Trinajstić information content (AvgIpc) is 2.76. The lowest BCUT2D eigenvalue weighted by Crippen LogP contribution is -2.39. The van der Waals surface area contributed by atoms with Crippen LogP contribution in [0.25, 0.3) is 4.96 Å². The SMILES string of the molecule is Cc1sc2ncc(C(=O)NC3CCCCC3)c(=O)n2c1C. The molecule has 2 aromatic rings. The second kappa shape index (κ2) is 5.60. The predicted octanol–water partition coefficient (Wildman–Crippen LogP) is 2.44. The fraction of sp³-hybridized carbons (Fsp3) is 0.533.